The van der Waals surface area contributed by atoms with Crippen LogP contribution >= 0.6 is 0 Å². The minimum Gasteiger partial charge on any atom is -0.394 e. The van der Waals surface area contributed by atoms with Crippen molar-refractivity contribution in [2.45, 2.75) is 276 Å². The number of carbonyl (C=O) groups is 3. The summed E-state index contributed by atoms with van der Waals surface area (Å²) in [6, 6.07) is -2.99. The van der Waals surface area contributed by atoms with E-state index in [1.54, 1.807) is 4.90 Å². The average molecular weight is 839 g/mol. The van der Waals surface area contributed by atoms with Crippen molar-refractivity contribution in [3.8, 4) is 0 Å². The van der Waals surface area contributed by atoms with E-state index in [0.29, 0.717) is 13.0 Å². The Bertz CT molecular complexity index is 1030. The third-order valence-electron chi connectivity index (χ3n) is 12.2. The number of amides is 3. The molecule has 7 atom stereocenters. The van der Waals surface area contributed by atoms with E-state index in [4.69, 9.17) is 10.5 Å². The number of nitrogens with two attached hydrogens (primary N) is 1. The number of carbonyl (C=O) groups excluding carboxylic acids is 3. The van der Waals surface area contributed by atoms with E-state index in [1.165, 1.54) is 162 Å². The lowest BCUT2D eigenvalue weighted by Gasteiger charge is -2.47. The fourth-order valence-corrected chi connectivity index (χ4v) is 8.24. The van der Waals surface area contributed by atoms with Crippen LogP contribution in [0.5, 0.6) is 0 Å². The first-order valence-corrected chi connectivity index (χ1v) is 24.9. The summed E-state index contributed by atoms with van der Waals surface area (Å²) in [6.45, 7) is 7.35. The van der Waals surface area contributed by atoms with Crippen molar-refractivity contribution < 1.29 is 34.4 Å². The Balaban J connectivity index is 2.70. The Morgan fingerprint density at radius 1 is 0.576 bits per heavy atom. The van der Waals surface area contributed by atoms with Gasteiger partial charge in [0, 0.05) is 13.0 Å². The highest BCUT2D eigenvalue weighted by molar-refractivity contribution is 5.89. The zero-order chi connectivity index (χ0) is 43.5. The van der Waals surface area contributed by atoms with E-state index in [9.17, 15) is 29.7 Å². The third-order valence-corrected chi connectivity index (χ3v) is 12.2. The van der Waals surface area contributed by atoms with Crippen LogP contribution in [0, 0.1) is 0 Å². The molecule has 1 aliphatic rings. The summed E-state index contributed by atoms with van der Waals surface area (Å²) in [5, 5.41) is 37.4. The van der Waals surface area contributed by atoms with Crippen LogP contribution in [0.4, 0.5) is 0 Å². The highest BCUT2D eigenvalue weighted by Gasteiger charge is 2.48. The molecule has 11 heteroatoms. The highest BCUT2D eigenvalue weighted by atomic mass is 16.5. The number of aliphatic hydroxyl groups excluding tert-OH is 3. The molecule has 0 unspecified atom stereocenters. The van der Waals surface area contributed by atoms with Gasteiger partial charge in [0.05, 0.1) is 12.6 Å². The highest BCUT2D eigenvalue weighted by Crippen LogP contribution is 2.26. The lowest BCUT2D eigenvalue weighted by molar-refractivity contribution is -0.231. The normalized spacial score (nSPS) is 20.3. The topological polar surface area (TPSA) is 174 Å². The number of hydrogen-bond acceptors (Lipinski definition) is 8. The Hall–Kier alpha value is -1.79. The molecule has 0 bridgehead atoms. The van der Waals surface area contributed by atoms with Crippen molar-refractivity contribution in [1.82, 2.24) is 15.5 Å². The van der Waals surface area contributed by atoms with Crippen molar-refractivity contribution in [3.05, 3.63) is 0 Å². The molecule has 0 aliphatic carbocycles. The molecule has 59 heavy (non-hydrogen) atoms. The molecule has 7 N–H and O–H groups in total. The zero-order valence-electron chi connectivity index (χ0n) is 38.6. The number of nitrogens with one attached hydrogen (secondary N) is 2. The predicted molar refractivity (Wildman–Crippen MR) is 242 cm³/mol. The number of nitrogens with zero attached hydrogens (tertiary/aromatic N) is 1. The van der Waals surface area contributed by atoms with Gasteiger partial charge in [-0.1, -0.05) is 200 Å². The maximum atomic E-state index is 14.0. The van der Waals surface area contributed by atoms with Crippen LogP contribution in [0.1, 0.15) is 233 Å². The molecule has 11 nitrogen and oxygen atoms in total. The summed E-state index contributed by atoms with van der Waals surface area (Å²) >= 11 is 0. The number of hydrogen-bond donors (Lipinski definition) is 6. The molecule has 0 aromatic rings. The summed E-state index contributed by atoms with van der Waals surface area (Å²) < 4.78 is 6.15. The van der Waals surface area contributed by atoms with Crippen molar-refractivity contribution in [1.29, 1.82) is 0 Å². The van der Waals surface area contributed by atoms with Crippen LogP contribution in [0.2, 0.25) is 0 Å². The van der Waals surface area contributed by atoms with E-state index in [0.717, 1.165) is 51.4 Å². The molecular formula is C48H94N4O7. The van der Waals surface area contributed by atoms with E-state index in [1.807, 2.05) is 0 Å². The summed E-state index contributed by atoms with van der Waals surface area (Å²) in [4.78, 5) is 41.1. The fraction of sp³-hybridized carbons (Fsp3) is 0.938. The fourth-order valence-electron chi connectivity index (χ4n) is 8.24. The number of unbranched alkanes of at least 4 members (excludes halogenated alkanes) is 29. The Labute approximate surface area is 361 Å². The maximum Gasteiger partial charge on any atom is 0.242 e. The Kier molecular flexibility index (Phi) is 34.5. The summed E-state index contributed by atoms with van der Waals surface area (Å²) in [7, 11) is 0. The molecule has 0 radical (unpaired) electrons. The summed E-state index contributed by atoms with van der Waals surface area (Å²) in [5.41, 5.74) is 5.68. The average Bonchev–Trinajstić information content (AvgIpc) is 3.22. The Morgan fingerprint density at radius 2 is 0.949 bits per heavy atom. The molecule has 0 aromatic heterocycles. The first-order chi connectivity index (χ1) is 28.6. The second kappa shape index (κ2) is 36.8. The van der Waals surface area contributed by atoms with Gasteiger partial charge in [0.15, 0.2) is 6.23 Å². The molecule has 1 heterocycles. The minimum absolute atomic E-state index is 0.136. The minimum atomic E-state index is -1.52. The van der Waals surface area contributed by atoms with E-state index in [2.05, 4.69) is 24.5 Å². The van der Waals surface area contributed by atoms with Crippen molar-refractivity contribution >= 4 is 17.7 Å². The van der Waals surface area contributed by atoms with Crippen LogP contribution in [0.3, 0.4) is 0 Å². The Morgan fingerprint density at radius 3 is 1.32 bits per heavy atom. The molecule has 1 saturated heterocycles. The molecule has 1 fully saturated rings. The van der Waals surface area contributed by atoms with Crippen molar-refractivity contribution in [2.24, 2.45) is 5.73 Å². The lowest BCUT2D eigenvalue weighted by atomic mass is 9.94. The molecule has 0 saturated carbocycles. The smallest absolute Gasteiger partial charge is 0.242 e. The van der Waals surface area contributed by atoms with Gasteiger partial charge in [-0.05, 0) is 26.7 Å². The molecular weight excluding hydrogens is 745 g/mol. The summed E-state index contributed by atoms with van der Waals surface area (Å²) in [5.74, 6) is -1.25. The summed E-state index contributed by atoms with van der Waals surface area (Å²) in [6.07, 6.45) is 33.4. The van der Waals surface area contributed by atoms with Gasteiger partial charge in [-0.15, -0.1) is 0 Å². The molecule has 3 amide bonds. The molecule has 348 valence electrons. The van der Waals surface area contributed by atoms with Crippen molar-refractivity contribution in [3.63, 3.8) is 0 Å². The van der Waals surface area contributed by atoms with Gasteiger partial charge in [0.1, 0.15) is 30.4 Å². The molecule has 0 spiro atoms. The first-order valence-electron chi connectivity index (χ1n) is 24.9. The van der Waals surface area contributed by atoms with Crippen molar-refractivity contribution in [2.75, 3.05) is 13.2 Å². The third kappa shape index (κ3) is 26.3. The van der Waals surface area contributed by atoms with Crippen LogP contribution in [0.25, 0.3) is 0 Å². The quantitative estimate of drug-likeness (QED) is 0.0333. The zero-order valence-corrected chi connectivity index (χ0v) is 38.6. The predicted octanol–water partition coefficient (Wildman–Crippen LogP) is 9.11. The number of aliphatic hydroxyl groups is 3. The molecule has 0 aromatic carbocycles. The standard InChI is InChI=1S/C48H94N4O7/c1-5-7-9-11-13-15-17-19-21-23-25-27-29-31-33-35-37-52(42(54)36-34-32-30-28-26-24-22-20-18-16-14-12-10-8-6-2)48-43(45(56)44(55)41(38-53)59-48)51-47(58)40(4)50-46(57)39(3)49/h39-41,43-45,48,53,55-56H,5-38,49H2,1-4H3,(H,50,57)(H,51,58)/t39-,40-,41+,43+,44+,45+,48+/m0/s1. The van der Waals surface area contributed by atoms with Gasteiger partial charge in [0.2, 0.25) is 17.7 Å². The van der Waals surface area contributed by atoms with Gasteiger partial charge >= 0.3 is 0 Å². The van der Waals surface area contributed by atoms with Crippen LogP contribution in [0.15, 0.2) is 0 Å². The van der Waals surface area contributed by atoms with Gasteiger partial charge in [0.25, 0.3) is 0 Å². The van der Waals surface area contributed by atoms with E-state index < -0.39 is 61.1 Å². The molecule has 1 aliphatic heterocycles. The first kappa shape index (κ1) is 55.2. The van der Waals surface area contributed by atoms with E-state index in [-0.39, 0.29) is 5.91 Å². The lowest BCUT2D eigenvalue weighted by Crippen LogP contribution is -2.69. The van der Waals surface area contributed by atoms with Crippen LogP contribution in [-0.2, 0) is 19.1 Å². The maximum absolute atomic E-state index is 14.0. The van der Waals surface area contributed by atoms with Gasteiger partial charge in [-0.2, -0.15) is 0 Å². The van der Waals surface area contributed by atoms with Gasteiger partial charge in [-0.25, -0.2) is 0 Å². The number of rotatable bonds is 39. The van der Waals surface area contributed by atoms with Gasteiger partial charge in [-0.3, -0.25) is 14.4 Å². The number of ether oxygens (including phenoxy) is 1. The van der Waals surface area contributed by atoms with Gasteiger partial charge < -0.3 is 41.3 Å². The van der Waals surface area contributed by atoms with Crippen LogP contribution in [-0.4, -0.2) is 93.8 Å². The largest absolute Gasteiger partial charge is 0.394 e. The van der Waals surface area contributed by atoms with Crippen LogP contribution < -0.4 is 16.4 Å². The van der Waals surface area contributed by atoms with E-state index >= 15 is 0 Å². The SMILES string of the molecule is CCCCCCCCCCCCCCCCCCN(C(=O)CCCCCCCCCCCCCCCCC)[C@@H]1O[C@H](CO)[C@@H](O)[C@H](O)[C@H]1NC(=O)[C@H](C)NC(=O)[C@H](C)N. The monoisotopic (exact) mass is 839 g/mol. The second-order valence-electron chi connectivity index (χ2n) is 17.9. The second-order valence-corrected chi connectivity index (χ2v) is 17.9. The molecule has 1 rings (SSSR count).